The predicted molar refractivity (Wildman–Crippen MR) is 90.2 cm³/mol. The second-order valence-electron chi connectivity index (χ2n) is 6.08. The van der Waals surface area contributed by atoms with Crippen LogP contribution in [0.4, 0.5) is 11.5 Å². The van der Waals surface area contributed by atoms with Crippen molar-refractivity contribution in [3.63, 3.8) is 0 Å². The van der Waals surface area contributed by atoms with Gasteiger partial charge in [0, 0.05) is 6.04 Å². The average Bonchev–Trinajstić information content (AvgIpc) is 2.90. The number of amidine groups is 1. The van der Waals surface area contributed by atoms with E-state index in [9.17, 15) is 0 Å². The Morgan fingerprint density at radius 1 is 1.23 bits per heavy atom. The fourth-order valence-electron chi connectivity index (χ4n) is 3.72. The molecule has 2 atom stereocenters. The SMILES string of the molecule is CCC(CC)N1c2nc(C)ncc2N2C(C)=NNC2[C@H]1CC. The van der Waals surface area contributed by atoms with Gasteiger partial charge in [0.25, 0.3) is 0 Å². The molecule has 2 aliphatic heterocycles. The molecule has 6 nitrogen and oxygen atoms in total. The largest absolute Gasteiger partial charge is 0.345 e. The van der Waals surface area contributed by atoms with E-state index in [4.69, 9.17) is 4.98 Å². The molecule has 3 heterocycles. The smallest absolute Gasteiger partial charge is 0.157 e. The van der Waals surface area contributed by atoms with Crippen molar-refractivity contribution in [3.8, 4) is 0 Å². The Balaban J connectivity index is 2.16. The number of hydrazone groups is 1. The third-order valence-corrected chi connectivity index (χ3v) is 4.84. The van der Waals surface area contributed by atoms with Crippen LogP contribution >= 0.6 is 0 Å². The minimum atomic E-state index is 0.171. The molecular formula is C16H26N6. The molecule has 0 radical (unpaired) electrons. The Morgan fingerprint density at radius 2 is 1.95 bits per heavy atom. The van der Waals surface area contributed by atoms with Crippen molar-refractivity contribution in [2.24, 2.45) is 5.10 Å². The maximum absolute atomic E-state index is 4.80. The maximum Gasteiger partial charge on any atom is 0.157 e. The van der Waals surface area contributed by atoms with E-state index in [1.807, 2.05) is 20.0 Å². The van der Waals surface area contributed by atoms with Crippen molar-refractivity contribution in [1.82, 2.24) is 15.4 Å². The summed E-state index contributed by atoms with van der Waals surface area (Å²) >= 11 is 0. The van der Waals surface area contributed by atoms with E-state index in [-0.39, 0.29) is 6.17 Å². The molecule has 3 rings (SSSR count). The molecule has 1 aromatic heterocycles. The van der Waals surface area contributed by atoms with Gasteiger partial charge in [0.1, 0.15) is 23.5 Å². The summed E-state index contributed by atoms with van der Waals surface area (Å²) in [6, 6.07) is 0.843. The fourth-order valence-corrected chi connectivity index (χ4v) is 3.72. The Morgan fingerprint density at radius 3 is 2.59 bits per heavy atom. The summed E-state index contributed by atoms with van der Waals surface area (Å²) in [5, 5.41) is 4.46. The van der Waals surface area contributed by atoms with E-state index < -0.39 is 0 Å². The lowest BCUT2D eigenvalue weighted by Gasteiger charge is -2.48. The molecule has 22 heavy (non-hydrogen) atoms. The van der Waals surface area contributed by atoms with Gasteiger partial charge in [-0.3, -0.25) is 10.3 Å². The zero-order valence-electron chi connectivity index (χ0n) is 14.2. The molecule has 1 aromatic rings. The van der Waals surface area contributed by atoms with Crippen molar-refractivity contribution in [2.75, 3.05) is 9.80 Å². The molecule has 0 saturated carbocycles. The number of anilines is 2. The van der Waals surface area contributed by atoms with Gasteiger partial charge in [-0.25, -0.2) is 9.97 Å². The van der Waals surface area contributed by atoms with Crippen LogP contribution in [0, 0.1) is 6.92 Å². The highest BCUT2D eigenvalue weighted by atomic mass is 15.6. The summed E-state index contributed by atoms with van der Waals surface area (Å²) in [7, 11) is 0. The van der Waals surface area contributed by atoms with Crippen molar-refractivity contribution in [2.45, 2.75) is 72.1 Å². The number of rotatable bonds is 4. The topological polar surface area (TPSA) is 56.7 Å². The summed E-state index contributed by atoms with van der Waals surface area (Å²) in [6.45, 7) is 10.7. The van der Waals surface area contributed by atoms with Crippen LogP contribution < -0.4 is 15.2 Å². The molecule has 120 valence electrons. The average molecular weight is 302 g/mol. The van der Waals surface area contributed by atoms with Gasteiger partial charge in [0.05, 0.1) is 12.2 Å². The molecular weight excluding hydrogens is 276 g/mol. The summed E-state index contributed by atoms with van der Waals surface area (Å²) in [6.07, 6.45) is 5.39. The molecule has 1 unspecified atom stereocenters. The van der Waals surface area contributed by atoms with Crippen molar-refractivity contribution in [1.29, 1.82) is 0 Å². The third kappa shape index (κ3) is 2.12. The van der Waals surface area contributed by atoms with Crippen LogP contribution in [0.1, 0.15) is 52.8 Å². The van der Waals surface area contributed by atoms with Crippen LogP contribution in [0.3, 0.4) is 0 Å². The summed E-state index contributed by atoms with van der Waals surface area (Å²) in [5.74, 6) is 2.87. The molecule has 0 aliphatic carbocycles. The van der Waals surface area contributed by atoms with E-state index in [2.05, 4.69) is 46.1 Å². The molecule has 0 spiro atoms. The number of nitrogens with one attached hydrogen (secondary N) is 1. The first kappa shape index (κ1) is 15.1. The second-order valence-corrected chi connectivity index (χ2v) is 6.08. The first-order valence-electron chi connectivity index (χ1n) is 8.33. The van der Waals surface area contributed by atoms with Gasteiger partial charge in [-0.05, 0) is 33.1 Å². The lowest BCUT2D eigenvalue weighted by atomic mass is 9.99. The van der Waals surface area contributed by atoms with Crippen molar-refractivity contribution < 1.29 is 0 Å². The van der Waals surface area contributed by atoms with Crippen LogP contribution in [-0.2, 0) is 0 Å². The van der Waals surface area contributed by atoms with E-state index in [0.717, 1.165) is 42.4 Å². The molecule has 0 aromatic carbocycles. The molecule has 6 heteroatoms. The van der Waals surface area contributed by atoms with Gasteiger partial charge < -0.3 is 4.90 Å². The summed E-state index contributed by atoms with van der Waals surface area (Å²) < 4.78 is 0. The Hall–Kier alpha value is -1.85. The lowest BCUT2D eigenvalue weighted by molar-refractivity contribution is 0.374. The lowest BCUT2D eigenvalue weighted by Crippen LogP contribution is -2.61. The molecule has 0 fully saturated rings. The van der Waals surface area contributed by atoms with Crippen LogP contribution in [0.15, 0.2) is 11.3 Å². The molecule has 1 N–H and O–H groups in total. The van der Waals surface area contributed by atoms with Gasteiger partial charge in [0.15, 0.2) is 5.82 Å². The highest BCUT2D eigenvalue weighted by Gasteiger charge is 2.44. The van der Waals surface area contributed by atoms with Gasteiger partial charge in [-0.2, -0.15) is 5.10 Å². The number of aryl methyl sites for hydroxylation is 1. The first-order chi connectivity index (χ1) is 10.6. The quantitative estimate of drug-likeness (QED) is 0.926. The van der Waals surface area contributed by atoms with E-state index >= 15 is 0 Å². The molecule has 2 aliphatic rings. The Labute approximate surface area is 132 Å². The normalized spacial score (nSPS) is 23.3. The molecule has 0 saturated heterocycles. The van der Waals surface area contributed by atoms with Gasteiger partial charge in [-0.1, -0.05) is 20.8 Å². The minimum absolute atomic E-state index is 0.171. The number of hydrogen-bond acceptors (Lipinski definition) is 6. The van der Waals surface area contributed by atoms with Crippen LogP contribution in [0.25, 0.3) is 0 Å². The Bertz CT molecular complexity index is 580. The van der Waals surface area contributed by atoms with Gasteiger partial charge in [0.2, 0.25) is 0 Å². The highest BCUT2D eigenvalue weighted by molar-refractivity contribution is 6.01. The van der Waals surface area contributed by atoms with E-state index in [0.29, 0.717) is 12.1 Å². The third-order valence-electron chi connectivity index (χ3n) is 4.84. The first-order valence-corrected chi connectivity index (χ1v) is 8.33. The van der Waals surface area contributed by atoms with Crippen LogP contribution in [-0.4, -0.2) is 34.1 Å². The maximum atomic E-state index is 4.80. The summed E-state index contributed by atoms with van der Waals surface area (Å²) in [4.78, 5) is 14.0. The number of aromatic nitrogens is 2. The fraction of sp³-hybridized carbons (Fsp3) is 0.688. The van der Waals surface area contributed by atoms with Crippen molar-refractivity contribution >= 4 is 17.3 Å². The Kier molecular flexibility index (Phi) is 3.93. The van der Waals surface area contributed by atoms with Gasteiger partial charge >= 0.3 is 0 Å². The second kappa shape index (κ2) is 5.74. The summed E-state index contributed by atoms with van der Waals surface area (Å²) in [5.41, 5.74) is 4.38. The van der Waals surface area contributed by atoms with E-state index in [1.165, 1.54) is 0 Å². The minimum Gasteiger partial charge on any atom is -0.345 e. The van der Waals surface area contributed by atoms with Crippen LogP contribution in [0.5, 0.6) is 0 Å². The zero-order valence-corrected chi connectivity index (χ0v) is 14.2. The van der Waals surface area contributed by atoms with Crippen LogP contribution in [0.2, 0.25) is 0 Å². The van der Waals surface area contributed by atoms with Crippen molar-refractivity contribution in [3.05, 3.63) is 12.0 Å². The van der Waals surface area contributed by atoms with Gasteiger partial charge in [-0.15, -0.1) is 0 Å². The number of fused-ring (bicyclic) bond motifs is 3. The molecule has 0 amide bonds. The highest BCUT2D eigenvalue weighted by Crippen LogP contribution is 2.40. The monoisotopic (exact) mass is 302 g/mol. The zero-order chi connectivity index (χ0) is 15.9. The number of nitrogens with zero attached hydrogens (tertiary/aromatic N) is 5. The standard InChI is InChI=1S/C16H26N6/c1-6-12(7-2)22-13(8-3)16-20-19-11(5)21(16)14-9-17-10(4)18-15(14)22/h9,12-13,16,20H,6-8H2,1-5H3/t13-,16?/m1/s1. The molecule has 0 bridgehead atoms. The predicted octanol–water partition coefficient (Wildman–Crippen LogP) is 2.64. The van der Waals surface area contributed by atoms with E-state index in [1.54, 1.807) is 0 Å². The number of hydrogen-bond donors (Lipinski definition) is 1.